The van der Waals surface area contributed by atoms with Gasteiger partial charge in [-0.1, -0.05) is 18.2 Å². The largest absolute Gasteiger partial charge is 0.300 e. The van der Waals surface area contributed by atoms with Crippen molar-refractivity contribution in [1.82, 2.24) is 14.7 Å². The van der Waals surface area contributed by atoms with Gasteiger partial charge in [-0.25, -0.2) is 18.4 Å². The molecule has 0 saturated carbocycles. The maximum Gasteiger partial charge on any atom is 0.263 e. The summed E-state index contributed by atoms with van der Waals surface area (Å²) >= 11 is 4.99. The van der Waals surface area contributed by atoms with E-state index in [0.29, 0.717) is 0 Å². The van der Waals surface area contributed by atoms with E-state index in [-0.39, 0.29) is 16.0 Å². The van der Waals surface area contributed by atoms with E-state index in [0.717, 1.165) is 11.4 Å². The van der Waals surface area contributed by atoms with Gasteiger partial charge in [0.2, 0.25) is 5.95 Å². The Hall–Kier alpha value is -2.06. The highest BCUT2D eigenvalue weighted by atomic mass is 32.2. The normalized spacial score (nSPS) is 11.0. The van der Waals surface area contributed by atoms with Crippen molar-refractivity contribution in [3.8, 4) is 0 Å². The Labute approximate surface area is 128 Å². The van der Waals surface area contributed by atoms with Crippen LogP contribution in [0.2, 0.25) is 0 Å². The van der Waals surface area contributed by atoms with Crippen molar-refractivity contribution in [1.29, 1.82) is 0 Å². The SMILES string of the molecule is Cc1cc(C)nc(NC(=S)NS(=O)(=O)c2ccccc2)n1. The van der Waals surface area contributed by atoms with Crippen molar-refractivity contribution < 1.29 is 8.42 Å². The number of anilines is 1. The summed E-state index contributed by atoms with van der Waals surface area (Å²) < 4.78 is 26.4. The van der Waals surface area contributed by atoms with Gasteiger partial charge in [-0.3, -0.25) is 4.72 Å². The standard InChI is InChI=1S/C13H14N4O2S2/c1-9-8-10(2)15-12(14-9)16-13(20)17-21(18,19)11-6-4-3-5-7-11/h3-8H,1-2H3,(H2,14,15,16,17,20). The number of hydrogen-bond acceptors (Lipinski definition) is 5. The van der Waals surface area contributed by atoms with Crippen LogP contribution in [-0.4, -0.2) is 23.5 Å². The number of benzene rings is 1. The van der Waals surface area contributed by atoms with E-state index in [1.807, 2.05) is 19.9 Å². The molecule has 2 rings (SSSR count). The molecule has 1 aromatic carbocycles. The highest BCUT2D eigenvalue weighted by Gasteiger charge is 2.15. The van der Waals surface area contributed by atoms with E-state index in [2.05, 4.69) is 20.0 Å². The summed E-state index contributed by atoms with van der Waals surface area (Å²) in [5.74, 6) is 0.258. The Morgan fingerprint density at radius 2 is 1.67 bits per heavy atom. The summed E-state index contributed by atoms with van der Waals surface area (Å²) in [5, 5.41) is 2.59. The average Bonchev–Trinajstić information content (AvgIpc) is 2.37. The van der Waals surface area contributed by atoms with Crippen LogP contribution < -0.4 is 10.0 Å². The summed E-state index contributed by atoms with van der Waals surface area (Å²) in [7, 11) is -3.71. The minimum Gasteiger partial charge on any atom is -0.300 e. The monoisotopic (exact) mass is 322 g/mol. The summed E-state index contributed by atoms with van der Waals surface area (Å²) in [5.41, 5.74) is 1.53. The molecular formula is C13H14N4O2S2. The van der Waals surface area contributed by atoms with E-state index in [1.54, 1.807) is 18.2 Å². The number of nitrogens with zero attached hydrogens (tertiary/aromatic N) is 2. The first-order valence-corrected chi connectivity index (χ1v) is 7.97. The van der Waals surface area contributed by atoms with Gasteiger partial charge in [0.15, 0.2) is 5.11 Å². The number of sulfonamides is 1. The maximum atomic E-state index is 12.1. The van der Waals surface area contributed by atoms with Crippen LogP contribution in [0.3, 0.4) is 0 Å². The van der Waals surface area contributed by atoms with E-state index in [4.69, 9.17) is 12.2 Å². The van der Waals surface area contributed by atoms with Crippen molar-refractivity contribution in [2.24, 2.45) is 0 Å². The lowest BCUT2D eigenvalue weighted by Gasteiger charge is -2.10. The first kappa shape index (κ1) is 15.3. The molecule has 6 nitrogen and oxygen atoms in total. The van der Waals surface area contributed by atoms with Crippen molar-refractivity contribution >= 4 is 33.3 Å². The molecule has 0 unspecified atom stereocenters. The van der Waals surface area contributed by atoms with Gasteiger partial charge in [0.1, 0.15) is 0 Å². The Kier molecular flexibility index (Phi) is 4.49. The van der Waals surface area contributed by atoms with Gasteiger partial charge in [0.25, 0.3) is 10.0 Å². The van der Waals surface area contributed by atoms with Crippen molar-refractivity contribution in [2.75, 3.05) is 5.32 Å². The fraction of sp³-hybridized carbons (Fsp3) is 0.154. The molecule has 0 aliphatic heterocycles. The van der Waals surface area contributed by atoms with E-state index in [9.17, 15) is 8.42 Å². The quantitative estimate of drug-likeness (QED) is 0.838. The molecule has 0 aliphatic carbocycles. The zero-order chi connectivity index (χ0) is 15.5. The number of thiocarbonyl (C=S) groups is 1. The summed E-state index contributed by atoms with van der Waals surface area (Å²) in [6, 6.07) is 9.79. The third kappa shape index (κ3) is 4.20. The number of aromatic nitrogens is 2. The van der Waals surface area contributed by atoms with E-state index in [1.165, 1.54) is 12.1 Å². The van der Waals surface area contributed by atoms with Crippen LogP contribution in [0, 0.1) is 13.8 Å². The third-order valence-electron chi connectivity index (χ3n) is 2.49. The average molecular weight is 322 g/mol. The minimum absolute atomic E-state index is 0.0798. The Morgan fingerprint density at radius 1 is 1.10 bits per heavy atom. The molecule has 21 heavy (non-hydrogen) atoms. The Bertz CT molecular complexity index is 741. The molecule has 0 atom stereocenters. The fourth-order valence-electron chi connectivity index (χ4n) is 1.69. The minimum atomic E-state index is -3.71. The molecule has 2 aromatic rings. The maximum absolute atomic E-state index is 12.1. The second-order valence-electron chi connectivity index (χ2n) is 4.35. The fourth-order valence-corrected chi connectivity index (χ4v) is 3.04. The highest BCUT2D eigenvalue weighted by molar-refractivity contribution is 7.92. The van der Waals surface area contributed by atoms with Gasteiger partial charge in [-0.15, -0.1) is 0 Å². The van der Waals surface area contributed by atoms with Crippen LogP contribution in [-0.2, 0) is 10.0 Å². The smallest absolute Gasteiger partial charge is 0.263 e. The van der Waals surface area contributed by atoms with Crippen LogP contribution in [0.4, 0.5) is 5.95 Å². The molecule has 0 amide bonds. The predicted octanol–water partition coefficient (Wildman–Crippen LogP) is 1.77. The molecule has 0 aliphatic rings. The second-order valence-corrected chi connectivity index (χ2v) is 6.44. The first-order chi connectivity index (χ1) is 9.87. The van der Waals surface area contributed by atoms with Crippen molar-refractivity contribution in [3.05, 3.63) is 47.8 Å². The zero-order valence-electron chi connectivity index (χ0n) is 11.5. The van der Waals surface area contributed by atoms with Gasteiger partial charge in [-0.2, -0.15) is 0 Å². The Balaban J connectivity index is 2.11. The van der Waals surface area contributed by atoms with Gasteiger partial charge in [0.05, 0.1) is 4.90 Å². The zero-order valence-corrected chi connectivity index (χ0v) is 13.1. The lowest BCUT2D eigenvalue weighted by Crippen LogP contribution is -2.34. The van der Waals surface area contributed by atoms with E-state index < -0.39 is 10.0 Å². The summed E-state index contributed by atoms with van der Waals surface area (Å²) in [6.07, 6.45) is 0. The van der Waals surface area contributed by atoms with Crippen LogP contribution in [0.5, 0.6) is 0 Å². The predicted molar refractivity (Wildman–Crippen MR) is 84.5 cm³/mol. The number of nitrogens with one attached hydrogen (secondary N) is 2. The number of hydrogen-bond donors (Lipinski definition) is 2. The summed E-state index contributed by atoms with van der Waals surface area (Å²) in [4.78, 5) is 8.40. The van der Waals surface area contributed by atoms with Crippen LogP contribution in [0.1, 0.15) is 11.4 Å². The molecule has 0 fully saturated rings. The van der Waals surface area contributed by atoms with Crippen molar-refractivity contribution in [2.45, 2.75) is 18.7 Å². The molecule has 0 spiro atoms. The van der Waals surface area contributed by atoms with Crippen molar-refractivity contribution in [3.63, 3.8) is 0 Å². The Morgan fingerprint density at radius 3 is 2.24 bits per heavy atom. The van der Waals surface area contributed by atoms with Crippen LogP contribution in [0.15, 0.2) is 41.3 Å². The third-order valence-corrected chi connectivity index (χ3v) is 4.19. The topological polar surface area (TPSA) is 84.0 Å². The highest BCUT2D eigenvalue weighted by Crippen LogP contribution is 2.08. The first-order valence-electron chi connectivity index (χ1n) is 6.08. The second kappa shape index (κ2) is 6.15. The molecule has 1 heterocycles. The molecule has 8 heteroatoms. The van der Waals surface area contributed by atoms with Gasteiger partial charge in [0, 0.05) is 11.4 Å². The molecule has 1 aromatic heterocycles. The molecular weight excluding hydrogens is 308 g/mol. The van der Waals surface area contributed by atoms with Gasteiger partial charge in [-0.05, 0) is 44.3 Å². The summed E-state index contributed by atoms with van der Waals surface area (Å²) in [6.45, 7) is 3.63. The van der Waals surface area contributed by atoms with Crippen LogP contribution >= 0.6 is 12.2 Å². The lowest BCUT2D eigenvalue weighted by atomic mass is 10.4. The lowest BCUT2D eigenvalue weighted by molar-refractivity contribution is 0.593. The van der Waals surface area contributed by atoms with Crippen LogP contribution in [0.25, 0.3) is 0 Å². The molecule has 0 bridgehead atoms. The molecule has 0 saturated heterocycles. The van der Waals surface area contributed by atoms with Gasteiger partial charge < -0.3 is 5.32 Å². The molecule has 0 radical (unpaired) electrons. The number of rotatable bonds is 3. The molecule has 2 N–H and O–H groups in total. The molecule has 110 valence electrons. The van der Waals surface area contributed by atoms with Gasteiger partial charge >= 0.3 is 0 Å². The van der Waals surface area contributed by atoms with E-state index >= 15 is 0 Å². The number of aryl methyl sites for hydroxylation is 2.